The number of ether oxygens (including phenoxy) is 1. The van der Waals surface area contributed by atoms with Gasteiger partial charge in [-0.2, -0.15) is 0 Å². The molecule has 0 saturated heterocycles. The van der Waals surface area contributed by atoms with Gasteiger partial charge in [0.05, 0.1) is 7.11 Å². The maximum Gasteiger partial charge on any atom is 0.191 e. The lowest BCUT2D eigenvalue weighted by atomic mass is 10.1. The molecule has 0 unspecified atom stereocenters. The van der Waals surface area contributed by atoms with Crippen LogP contribution in [0.15, 0.2) is 23.2 Å². The van der Waals surface area contributed by atoms with Crippen molar-refractivity contribution >= 4 is 5.96 Å². The first-order valence-corrected chi connectivity index (χ1v) is 6.81. The van der Waals surface area contributed by atoms with E-state index in [9.17, 15) is 0 Å². The molecule has 1 aromatic carbocycles. The van der Waals surface area contributed by atoms with Crippen molar-refractivity contribution in [1.29, 1.82) is 0 Å². The zero-order valence-electron chi connectivity index (χ0n) is 12.0. The molecule has 1 fully saturated rings. The third-order valence-corrected chi connectivity index (χ3v) is 3.40. The van der Waals surface area contributed by atoms with Gasteiger partial charge in [0.1, 0.15) is 5.75 Å². The van der Waals surface area contributed by atoms with Crippen molar-refractivity contribution in [3.05, 3.63) is 29.3 Å². The van der Waals surface area contributed by atoms with Crippen molar-refractivity contribution in [3.8, 4) is 5.75 Å². The molecule has 2 rings (SSSR count). The van der Waals surface area contributed by atoms with Crippen molar-refractivity contribution in [2.75, 3.05) is 20.7 Å². The van der Waals surface area contributed by atoms with Crippen molar-refractivity contribution < 1.29 is 4.74 Å². The summed E-state index contributed by atoms with van der Waals surface area (Å²) in [5.74, 6) is 2.65. The number of aryl methyl sites for hydroxylation is 1. The van der Waals surface area contributed by atoms with Crippen LogP contribution in [0.4, 0.5) is 0 Å². The second-order valence-corrected chi connectivity index (χ2v) is 5.05. The van der Waals surface area contributed by atoms with E-state index < -0.39 is 0 Å². The summed E-state index contributed by atoms with van der Waals surface area (Å²) in [6.07, 6.45) is 2.70. The summed E-state index contributed by atoms with van der Waals surface area (Å²) in [6, 6.07) is 6.22. The lowest BCUT2D eigenvalue weighted by Gasteiger charge is -2.12. The van der Waals surface area contributed by atoms with E-state index in [1.807, 2.05) is 13.1 Å². The summed E-state index contributed by atoms with van der Waals surface area (Å²) >= 11 is 0. The molecule has 0 amide bonds. The molecule has 19 heavy (non-hydrogen) atoms. The molecule has 1 aliphatic carbocycles. The molecule has 0 atom stereocenters. The topological polar surface area (TPSA) is 45.7 Å². The summed E-state index contributed by atoms with van der Waals surface area (Å²) < 4.78 is 5.26. The first-order valence-electron chi connectivity index (χ1n) is 6.81. The number of benzene rings is 1. The number of guanidine groups is 1. The van der Waals surface area contributed by atoms with E-state index in [-0.39, 0.29) is 0 Å². The van der Waals surface area contributed by atoms with Gasteiger partial charge in [-0.3, -0.25) is 4.99 Å². The number of rotatable bonds is 5. The zero-order valence-corrected chi connectivity index (χ0v) is 12.0. The van der Waals surface area contributed by atoms with Crippen molar-refractivity contribution in [3.63, 3.8) is 0 Å². The van der Waals surface area contributed by atoms with E-state index >= 15 is 0 Å². The van der Waals surface area contributed by atoms with Gasteiger partial charge in [-0.1, -0.05) is 12.1 Å². The van der Waals surface area contributed by atoms with Crippen LogP contribution in [0, 0.1) is 12.8 Å². The van der Waals surface area contributed by atoms with Gasteiger partial charge in [-0.15, -0.1) is 0 Å². The Hall–Kier alpha value is -1.71. The normalized spacial score (nSPS) is 15.2. The fourth-order valence-electron chi connectivity index (χ4n) is 2.02. The highest BCUT2D eigenvalue weighted by atomic mass is 16.5. The highest BCUT2D eigenvalue weighted by Gasteiger charge is 2.20. The molecule has 0 radical (unpaired) electrons. The van der Waals surface area contributed by atoms with Crippen LogP contribution in [-0.4, -0.2) is 26.7 Å². The summed E-state index contributed by atoms with van der Waals surface area (Å²) in [5, 5.41) is 6.68. The fourth-order valence-corrected chi connectivity index (χ4v) is 2.02. The van der Waals surface area contributed by atoms with Crippen molar-refractivity contribution in [2.24, 2.45) is 10.9 Å². The Morgan fingerprint density at radius 2 is 2.16 bits per heavy atom. The molecule has 1 aromatic rings. The summed E-state index contributed by atoms with van der Waals surface area (Å²) in [5.41, 5.74) is 2.38. The standard InChI is InChI=1S/C15H23N3O/c1-11-8-13(6-7-14(11)19-3)10-18-15(16-2)17-9-12-4-5-12/h6-8,12H,4-5,9-10H2,1-3H3,(H2,16,17,18). The maximum absolute atomic E-state index is 5.26. The summed E-state index contributed by atoms with van der Waals surface area (Å²) in [7, 11) is 3.51. The molecular formula is C15H23N3O. The molecule has 1 aliphatic rings. The highest BCUT2D eigenvalue weighted by Crippen LogP contribution is 2.27. The SMILES string of the molecule is CN=C(NCc1ccc(OC)c(C)c1)NCC1CC1. The molecule has 0 aromatic heterocycles. The summed E-state index contributed by atoms with van der Waals surface area (Å²) in [4.78, 5) is 4.23. The molecule has 2 N–H and O–H groups in total. The number of nitrogens with zero attached hydrogens (tertiary/aromatic N) is 1. The third-order valence-electron chi connectivity index (χ3n) is 3.40. The summed E-state index contributed by atoms with van der Waals surface area (Å²) in [6.45, 7) is 3.86. The second kappa shape index (κ2) is 6.45. The van der Waals surface area contributed by atoms with Crippen molar-refractivity contribution in [1.82, 2.24) is 10.6 Å². The average molecular weight is 261 g/mol. The largest absolute Gasteiger partial charge is 0.496 e. The van der Waals surface area contributed by atoms with Crippen molar-refractivity contribution in [2.45, 2.75) is 26.3 Å². The number of nitrogens with one attached hydrogen (secondary N) is 2. The predicted molar refractivity (Wildman–Crippen MR) is 78.7 cm³/mol. The van der Waals surface area contributed by atoms with Crippen LogP contribution in [-0.2, 0) is 6.54 Å². The van der Waals surface area contributed by atoms with Crippen LogP contribution >= 0.6 is 0 Å². The van der Waals surface area contributed by atoms with E-state index in [4.69, 9.17) is 4.74 Å². The Kier molecular flexibility index (Phi) is 4.66. The Morgan fingerprint density at radius 3 is 2.74 bits per heavy atom. The maximum atomic E-state index is 5.26. The number of hydrogen-bond donors (Lipinski definition) is 2. The molecular weight excluding hydrogens is 238 g/mol. The molecule has 0 spiro atoms. The van der Waals surface area contributed by atoms with Gasteiger partial charge in [-0.25, -0.2) is 0 Å². The Balaban J connectivity index is 1.84. The van der Waals surface area contributed by atoms with Gasteiger partial charge in [0.25, 0.3) is 0 Å². The first kappa shape index (κ1) is 13.7. The van der Waals surface area contributed by atoms with Crippen LogP contribution in [0.1, 0.15) is 24.0 Å². The quantitative estimate of drug-likeness (QED) is 0.630. The second-order valence-electron chi connectivity index (χ2n) is 5.05. The van der Waals surface area contributed by atoms with E-state index in [0.717, 1.165) is 36.3 Å². The zero-order chi connectivity index (χ0) is 13.7. The smallest absolute Gasteiger partial charge is 0.191 e. The van der Waals surface area contributed by atoms with Crippen LogP contribution in [0.3, 0.4) is 0 Å². The minimum atomic E-state index is 0.773. The van der Waals surface area contributed by atoms with Gasteiger partial charge >= 0.3 is 0 Å². The molecule has 4 heteroatoms. The number of hydrogen-bond acceptors (Lipinski definition) is 2. The van der Waals surface area contributed by atoms with E-state index in [2.05, 4.69) is 34.7 Å². The molecule has 1 saturated carbocycles. The minimum absolute atomic E-state index is 0.773. The van der Waals surface area contributed by atoms with E-state index in [1.165, 1.54) is 18.4 Å². The highest BCUT2D eigenvalue weighted by molar-refractivity contribution is 5.79. The number of methoxy groups -OCH3 is 1. The Bertz CT molecular complexity index is 453. The molecule has 0 heterocycles. The first-order chi connectivity index (χ1) is 9.22. The Labute approximate surface area is 115 Å². The molecule has 104 valence electrons. The van der Waals surface area contributed by atoms with Gasteiger partial charge in [0.2, 0.25) is 0 Å². The van der Waals surface area contributed by atoms with Crippen LogP contribution < -0.4 is 15.4 Å². The van der Waals surface area contributed by atoms with Gasteiger partial charge in [0, 0.05) is 20.1 Å². The monoisotopic (exact) mass is 261 g/mol. The minimum Gasteiger partial charge on any atom is -0.496 e. The van der Waals surface area contributed by atoms with Gasteiger partial charge in [0.15, 0.2) is 5.96 Å². The Morgan fingerprint density at radius 1 is 1.37 bits per heavy atom. The van der Waals surface area contributed by atoms with E-state index in [0.29, 0.717) is 0 Å². The van der Waals surface area contributed by atoms with Crippen LogP contribution in [0.5, 0.6) is 5.75 Å². The van der Waals surface area contributed by atoms with E-state index in [1.54, 1.807) is 7.11 Å². The van der Waals surface area contributed by atoms with Crippen LogP contribution in [0.2, 0.25) is 0 Å². The number of aliphatic imine (C=N–C) groups is 1. The predicted octanol–water partition coefficient (Wildman–Crippen LogP) is 2.08. The van der Waals surface area contributed by atoms with Gasteiger partial charge in [-0.05, 0) is 42.9 Å². The molecule has 4 nitrogen and oxygen atoms in total. The fraction of sp³-hybridized carbons (Fsp3) is 0.533. The third kappa shape index (κ3) is 4.16. The molecule has 0 aliphatic heterocycles. The van der Waals surface area contributed by atoms with Crippen LogP contribution in [0.25, 0.3) is 0 Å². The molecule has 0 bridgehead atoms. The average Bonchev–Trinajstić information content (AvgIpc) is 3.23. The lowest BCUT2D eigenvalue weighted by Crippen LogP contribution is -2.37. The van der Waals surface area contributed by atoms with Gasteiger partial charge < -0.3 is 15.4 Å². The lowest BCUT2D eigenvalue weighted by molar-refractivity contribution is 0.411.